The van der Waals surface area contributed by atoms with Gasteiger partial charge >= 0.3 is 0 Å². The van der Waals surface area contributed by atoms with Crippen molar-refractivity contribution in [2.75, 3.05) is 5.32 Å². The molecule has 0 unspecified atom stereocenters. The van der Waals surface area contributed by atoms with Crippen molar-refractivity contribution in [3.8, 4) is 16.9 Å². The molecule has 3 aromatic rings. The van der Waals surface area contributed by atoms with E-state index in [0.717, 1.165) is 11.4 Å². The minimum atomic E-state index is 0.880. The summed E-state index contributed by atoms with van der Waals surface area (Å²) >= 11 is 0. The van der Waals surface area contributed by atoms with Crippen molar-refractivity contribution in [1.29, 1.82) is 0 Å². The maximum Gasteiger partial charge on any atom is 0.150 e. The Bertz CT molecular complexity index is 671. The second-order valence-electron chi connectivity index (χ2n) is 4.79. The van der Waals surface area contributed by atoms with Crippen LogP contribution in [0.25, 0.3) is 11.1 Å². The van der Waals surface area contributed by atoms with Crippen LogP contribution in [0.5, 0.6) is 5.75 Å². The van der Waals surface area contributed by atoms with Crippen LogP contribution in [0.1, 0.15) is 0 Å². The molecular weight excluding hydrogens is 270 g/mol. The highest BCUT2D eigenvalue weighted by Crippen LogP contribution is 2.25. The molecule has 0 aliphatic carbocycles. The summed E-state index contributed by atoms with van der Waals surface area (Å²) in [6, 6.07) is 28.6. The van der Waals surface area contributed by atoms with Crippen molar-refractivity contribution in [3.05, 3.63) is 97.4 Å². The Kier molecular flexibility index (Phi) is 4.53. The van der Waals surface area contributed by atoms with E-state index >= 15 is 0 Å². The lowest BCUT2D eigenvalue weighted by Crippen LogP contribution is -1.97. The summed E-state index contributed by atoms with van der Waals surface area (Å²) in [5, 5.41) is 3.06. The van der Waals surface area contributed by atoms with Gasteiger partial charge in [-0.3, -0.25) is 0 Å². The molecule has 0 amide bonds. The van der Waals surface area contributed by atoms with Gasteiger partial charge in [0.25, 0.3) is 0 Å². The molecule has 1 aliphatic heterocycles. The van der Waals surface area contributed by atoms with Crippen molar-refractivity contribution < 1.29 is 4.74 Å². The average Bonchev–Trinajstić information content (AvgIpc) is 2.64. The molecule has 4 rings (SSSR count). The van der Waals surface area contributed by atoms with Gasteiger partial charge in [-0.05, 0) is 23.3 Å². The molecule has 0 bridgehead atoms. The summed E-state index contributed by atoms with van der Waals surface area (Å²) in [5.41, 5.74) is 3.57. The SMILES string of the molecule is C1=COc2ccccc2N1.c1ccc(-c2ccccc2)cc1. The second kappa shape index (κ2) is 7.14. The van der Waals surface area contributed by atoms with Crippen LogP contribution in [0.15, 0.2) is 97.4 Å². The molecule has 0 atom stereocenters. The number of rotatable bonds is 1. The zero-order valence-electron chi connectivity index (χ0n) is 12.1. The van der Waals surface area contributed by atoms with Gasteiger partial charge in [-0.2, -0.15) is 0 Å². The molecule has 1 heterocycles. The molecular formula is C20H17NO. The maximum absolute atomic E-state index is 5.18. The standard InChI is InChI=1S/C12H10.C8H7NO/c1-3-7-11(8-4-1)12-9-5-2-6-10-12;1-2-4-8-7(3-1)9-5-6-10-8/h1-10H;1-6,9H. The van der Waals surface area contributed by atoms with Crippen LogP contribution in [0.2, 0.25) is 0 Å². The monoisotopic (exact) mass is 287 g/mol. The van der Waals surface area contributed by atoms with Crippen LogP contribution in [0.3, 0.4) is 0 Å². The van der Waals surface area contributed by atoms with Crippen LogP contribution < -0.4 is 10.1 Å². The summed E-state index contributed by atoms with van der Waals surface area (Å²) in [6.07, 6.45) is 3.39. The van der Waals surface area contributed by atoms with E-state index in [-0.39, 0.29) is 0 Å². The second-order valence-corrected chi connectivity index (χ2v) is 4.79. The van der Waals surface area contributed by atoms with Gasteiger partial charge in [-0.25, -0.2) is 0 Å². The molecule has 0 radical (unpaired) electrons. The number of hydrogen-bond acceptors (Lipinski definition) is 2. The van der Waals surface area contributed by atoms with Gasteiger partial charge in [0.05, 0.1) is 5.69 Å². The topological polar surface area (TPSA) is 21.3 Å². The number of ether oxygens (including phenoxy) is 1. The molecule has 1 N–H and O–H groups in total. The van der Waals surface area contributed by atoms with Crippen LogP contribution in [0, 0.1) is 0 Å². The van der Waals surface area contributed by atoms with Crippen molar-refractivity contribution in [2.45, 2.75) is 0 Å². The predicted octanol–water partition coefficient (Wildman–Crippen LogP) is 5.32. The Balaban J connectivity index is 0.000000133. The van der Waals surface area contributed by atoms with E-state index in [1.54, 1.807) is 12.5 Å². The molecule has 0 saturated heterocycles. The molecule has 3 aromatic carbocycles. The highest BCUT2D eigenvalue weighted by atomic mass is 16.5. The van der Waals surface area contributed by atoms with Gasteiger partial charge in [-0.1, -0.05) is 72.8 Å². The lowest BCUT2D eigenvalue weighted by atomic mass is 10.1. The summed E-state index contributed by atoms with van der Waals surface area (Å²) in [5.74, 6) is 0.880. The van der Waals surface area contributed by atoms with Crippen LogP contribution in [0.4, 0.5) is 5.69 Å². The molecule has 0 fully saturated rings. The van der Waals surface area contributed by atoms with E-state index in [1.807, 2.05) is 36.4 Å². The van der Waals surface area contributed by atoms with Crippen molar-refractivity contribution in [3.63, 3.8) is 0 Å². The van der Waals surface area contributed by atoms with Crippen molar-refractivity contribution in [1.82, 2.24) is 0 Å². The third-order valence-corrected chi connectivity index (χ3v) is 3.27. The minimum Gasteiger partial charge on any atom is -0.461 e. The Hall–Kier alpha value is -3.00. The Morgan fingerprint density at radius 2 is 1.14 bits per heavy atom. The normalized spacial score (nSPS) is 11.3. The molecule has 2 nitrogen and oxygen atoms in total. The van der Waals surface area contributed by atoms with Gasteiger partial charge in [-0.15, -0.1) is 0 Å². The molecule has 1 aliphatic rings. The van der Waals surface area contributed by atoms with Gasteiger partial charge < -0.3 is 10.1 Å². The molecule has 0 spiro atoms. The Morgan fingerprint density at radius 3 is 1.73 bits per heavy atom. The number of benzene rings is 3. The zero-order chi connectivity index (χ0) is 15.0. The maximum atomic E-state index is 5.18. The van der Waals surface area contributed by atoms with Crippen molar-refractivity contribution >= 4 is 5.69 Å². The summed E-state index contributed by atoms with van der Waals surface area (Å²) in [7, 11) is 0. The molecule has 2 heteroatoms. The smallest absolute Gasteiger partial charge is 0.150 e. The van der Waals surface area contributed by atoms with Crippen LogP contribution in [-0.2, 0) is 0 Å². The number of anilines is 1. The first-order valence-corrected chi connectivity index (χ1v) is 7.21. The quantitative estimate of drug-likeness (QED) is 0.654. The first-order valence-electron chi connectivity index (χ1n) is 7.21. The minimum absolute atomic E-state index is 0.880. The highest BCUT2D eigenvalue weighted by Gasteiger charge is 2.01. The van der Waals surface area contributed by atoms with Gasteiger partial charge in [0.15, 0.2) is 0 Å². The van der Waals surface area contributed by atoms with Crippen LogP contribution >= 0.6 is 0 Å². The highest BCUT2D eigenvalue weighted by molar-refractivity contribution is 5.62. The first kappa shape index (κ1) is 14.0. The molecule has 0 saturated carbocycles. The third kappa shape index (κ3) is 3.55. The lowest BCUT2D eigenvalue weighted by Gasteiger charge is -2.11. The Morgan fingerprint density at radius 1 is 0.591 bits per heavy atom. The third-order valence-electron chi connectivity index (χ3n) is 3.27. The summed E-state index contributed by atoms with van der Waals surface area (Å²) < 4.78 is 5.18. The van der Waals surface area contributed by atoms with Gasteiger partial charge in [0.1, 0.15) is 12.0 Å². The first-order chi connectivity index (χ1) is 10.9. The van der Waals surface area contributed by atoms with E-state index in [2.05, 4.69) is 53.8 Å². The number of para-hydroxylation sites is 2. The van der Waals surface area contributed by atoms with E-state index in [4.69, 9.17) is 4.74 Å². The van der Waals surface area contributed by atoms with Crippen LogP contribution in [-0.4, -0.2) is 0 Å². The fraction of sp³-hybridized carbons (Fsp3) is 0. The average molecular weight is 287 g/mol. The number of hydrogen-bond donors (Lipinski definition) is 1. The zero-order valence-corrected chi connectivity index (χ0v) is 12.1. The van der Waals surface area contributed by atoms with Crippen molar-refractivity contribution in [2.24, 2.45) is 0 Å². The fourth-order valence-corrected chi connectivity index (χ4v) is 2.18. The molecule has 22 heavy (non-hydrogen) atoms. The molecule has 108 valence electrons. The largest absolute Gasteiger partial charge is 0.461 e. The summed E-state index contributed by atoms with van der Waals surface area (Å²) in [4.78, 5) is 0. The van der Waals surface area contributed by atoms with E-state index in [0.29, 0.717) is 0 Å². The lowest BCUT2D eigenvalue weighted by molar-refractivity contribution is 0.477. The van der Waals surface area contributed by atoms with E-state index in [9.17, 15) is 0 Å². The van der Waals surface area contributed by atoms with Gasteiger partial charge in [0.2, 0.25) is 0 Å². The van der Waals surface area contributed by atoms with E-state index in [1.165, 1.54) is 11.1 Å². The fourth-order valence-electron chi connectivity index (χ4n) is 2.18. The van der Waals surface area contributed by atoms with E-state index < -0.39 is 0 Å². The predicted molar refractivity (Wildman–Crippen MR) is 91.7 cm³/mol. The Labute approximate surface area is 130 Å². The molecule has 0 aromatic heterocycles. The number of nitrogens with one attached hydrogen (secondary N) is 1. The summed E-state index contributed by atoms with van der Waals surface area (Å²) in [6.45, 7) is 0. The number of fused-ring (bicyclic) bond motifs is 1. The van der Waals surface area contributed by atoms with Gasteiger partial charge in [0, 0.05) is 6.20 Å².